The van der Waals surface area contributed by atoms with E-state index in [0.717, 1.165) is 42.8 Å². The maximum atomic E-state index is 12.4. The largest absolute Gasteiger partial charge is 0.354 e. The zero-order valence-electron chi connectivity index (χ0n) is 13.2. The Kier molecular flexibility index (Phi) is 7.83. The van der Waals surface area contributed by atoms with Gasteiger partial charge < -0.3 is 10.6 Å². The van der Waals surface area contributed by atoms with Crippen molar-refractivity contribution in [2.45, 2.75) is 19.3 Å². The van der Waals surface area contributed by atoms with Crippen molar-refractivity contribution in [3.63, 3.8) is 0 Å². The van der Waals surface area contributed by atoms with Crippen LogP contribution in [0.2, 0.25) is 0 Å². The van der Waals surface area contributed by atoms with E-state index in [-0.39, 0.29) is 18.3 Å². The van der Waals surface area contributed by atoms with Crippen LogP contribution in [0.3, 0.4) is 0 Å². The lowest BCUT2D eigenvalue weighted by molar-refractivity contribution is -0.125. The van der Waals surface area contributed by atoms with Gasteiger partial charge in [-0.05, 0) is 31.5 Å². The summed E-state index contributed by atoms with van der Waals surface area (Å²) in [5.41, 5.74) is 0.523. The molecule has 1 aromatic carbocycles. The quantitative estimate of drug-likeness (QED) is 0.810. The van der Waals surface area contributed by atoms with E-state index in [0.29, 0.717) is 6.54 Å². The average molecular weight is 391 g/mol. The molecule has 1 heterocycles. The van der Waals surface area contributed by atoms with Crippen molar-refractivity contribution in [3.8, 4) is 0 Å². The number of hydrogen-bond donors (Lipinski definition) is 2. The first-order valence-corrected chi connectivity index (χ1v) is 8.27. The Labute approximate surface area is 147 Å². The van der Waals surface area contributed by atoms with Crippen molar-refractivity contribution in [1.29, 1.82) is 0 Å². The summed E-state index contributed by atoms with van der Waals surface area (Å²) in [6, 6.07) is 7.95. The first-order valence-electron chi connectivity index (χ1n) is 7.47. The highest BCUT2D eigenvalue weighted by Crippen LogP contribution is 2.24. The van der Waals surface area contributed by atoms with E-state index < -0.39 is 5.41 Å². The van der Waals surface area contributed by atoms with Gasteiger partial charge in [-0.3, -0.25) is 9.69 Å². The summed E-state index contributed by atoms with van der Waals surface area (Å²) in [6.45, 7) is 9.77. The Balaban J connectivity index is 0.00000242. The zero-order chi connectivity index (χ0) is 15.3. The van der Waals surface area contributed by atoms with Crippen molar-refractivity contribution in [2.75, 3.05) is 39.3 Å². The summed E-state index contributed by atoms with van der Waals surface area (Å²) >= 11 is 3.42. The highest BCUT2D eigenvalue weighted by atomic mass is 79.9. The number of rotatable bonds is 5. The van der Waals surface area contributed by atoms with Gasteiger partial charge in [0.05, 0.1) is 5.41 Å². The molecule has 1 aliphatic rings. The molecule has 1 fully saturated rings. The van der Waals surface area contributed by atoms with Crippen molar-refractivity contribution in [1.82, 2.24) is 15.5 Å². The summed E-state index contributed by atoms with van der Waals surface area (Å²) in [5.74, 6) is 0.0833. The summed E-state index contributed by atoms with van der Waals surface area (Å²) in [5, 5.41) is 6.40. The first-order chi connectivity index (χ1) is 10.00. The van der Waals surface area contributed by atoms with Gasteiger partial charge in [-0.1, -0.05) is 28.1 Å². The van der Waals surface area contributed by atoms with Gasteiger partial charge >= 0.3 is 0 Å². The van der Waals surface area contributed by atoms with Crippen LogP contribution in [0.4, 0.5) is 0 Å². The molecule has 1 aliphatic heterocycles. The van der Waals surface area contributed by atoms with Crippen LogP contribution in [0.15, 0.2) is 28.7 Å². The smallest absolute Gasteiger partial charge is 0.230 e. The van der Waals surface area contributed by atoms with Gasteiger partial charge in [-0.15, -0.1) is 12.4 Å². The second kappa shape index (κ2) is 8.87. The Bertz CT molecular complexity index is 473. The predicted molar refractivity (Wildman–Crippen MR) is 96.7 cm³/mol. The Hall–Kier alpha value is -0.620. The van der Waals surface area contributed by atoms with Crippen LogP contribution in [-0.4, -0.2) is 50.1 Å². The number of amides is 1. The third-order valence-electron chi connectivity index (χ3n) is 4.06. The van der Waals surface area contributed by atoms with E-state index >= 15 is 0 Å². The fourth-order valence-electron chi connectivity index (χ4n) is 2.48. The standard InChI is InChI=1S/C16H24BrN3O.ClH/c1-16(2,13-3-5-14(17)6-4-13)15(21)19-9-12-20-10-7-18-8-11-20;/h3-6,18H,7-12H2,1-2H3,(H,19,21);1H. The number of benzene rings is 1. The molecule has 0 saturated carbocycles. The van der Waals surface area contributed by atoms with Crippen molar-refractivity contribution < 1.29 is 4.79 Å². The average Bonchev–Trinajstić information content (AvgIpc) is 2.48. The van der Waals surface area contributed by atoms with Crippen LogP contribution in [0.25, 0.3) is 0 Å². The molecular weight excluding hydrogens is 366 g/mol. The fourth-order valence-corrected chi connectivity index (χ4v) is 2.75. The van der Waals surface area contributed by atoms with E-state index in [9.17, 15) is 4.79 Å². The second-order valence-electron chi connectivity index (χ2n) is 5.98. The molecule has 1 amide bonds. The zero-order valence-corrected chi connectivity index (χ0v) is 15.6. The molecule has 2 rings (SSSR count). The molecule has 1 saturated heterocycles. The molecule has 0 aromatic heterocycles. The van der Waals surface area contributed by atoms with Gasteiger partial charge in [0.15, 0.2) is 0 Å². The molecule has 2 N–H and O–H groups in total. The SMILES string of the molecule is CC(C)(C(=O)NCCN1CCNCC1)c1ccc(Br)cc1.Cl. The summed E-state index contributed by atoms with van der Waals surface area (Å²) in [6.07, 6.45) is 0. The number of nitrogens with one attached hydrogen (secondary N) is 2. The number of nitrogens with zero attached hydrogens (tertiary/aromatic N) is 1. The fraction of sp³-hybridized carbons (Fsp3) is 0.562. The predicted octanol–water partition coefficient (Wildman–Crippen LogP) is 2.17. The summed E-state index contributed by atoms with van der Waals surface area (Å²) < 4.78 is 1.03. The van der Waals surface area contributed by atoms with Gasteiger partial charge in [0.1, 0.15) is 0 Å². The van der Waals surface area contributed by atoms with Crippen LogP contribution >= 0.6 is 28.3 Å². The maximum absolute atomic E-state index is 12.4. The first kappa shape index (κ1) is 19.4. The molecule has 0 bridgehead atoms. The van der Waals surface area contributed by atoms with Crippen molar-refractivity contribution >= 4 is 34.2 Å². The van der Waals surface area contributed by atoms with Gasteiger partial charge in [0.25, 0.3) is 0 Å². The maximum Gasteiger partial charge on any atom is 0.230 e. The Morgan fingerprint density at radius 3 is 2.45 bits per heavy atom. The number of hydrogen-bond acceptors (Lipinski definition) is 3. The van der Waals surface area contributed by atoms with E-state index in [1.54, 1.807) is 0 Å². The molecule has 0 unspecified atom stereocenters. The lowest BCUT2D eigenvalue weighted by Gasteiger charge is -2.28. The topological polar surface area (TPSA) is 44.4 Å². The minimum atomic E-state index is -0.510. The van der Waals surface area contributed by atoms with Gasteiger partial charge in [0, 0.05) is 43.7 Å². The molecule has 0 spiro atoms. The van der Waals surface area contributed by atoms with Gasteiger partial charge in [-0.25, -0.2) is 0 Å². The lowest BCUT2D eigenvalue weighted by Crippen LogP contribution is -2.48. The lowest BCUT2D eigenvalue weighted by atomic mass is 9.84. The minimum Gasteiger partial charge on any atom is -0.354 e. The number of piperazine rings is 1. The number of carbonyl (C=O) groups is 1. The van der Waals surface area contributed by atoms with Gasteiger partial charge in [-0.2, -0.15) is 0 Å². The highest BCUT2D eigenvalue weighted by Gasteiger charge is 2.29. The van der Waals surface area contributed by atoms with E-state index in [4.69, 9.17) is 0 Å². The van der Waals surface area contributed by atoms with E-state index in [1.165, 1.54) is 0 Å². The Morgan fingerprint density at radius 1 is 1.27 bits per heavy atom. The second-order valence-corrected chi connectivity index (χ2v) is 6.90. The molecule has 0 aliphatic carbocycles. The molecule has 124 valence electrons. The molecule has 0 atom stereocenters. The van der Waals surface area contributed by atoms with Crippen molar-refractivity contribution in [3.05, 3.63) is 34.3 Å². The molecule has 4 nitrogen and oxygen atoms in total. The van der Waals surface area contributed by atoms with Crippen LogP contribution in [0.5, 0.6) is 0 Å². The normalized spacial score (nSPS) is 16.0. The summed E-state index contributed by atoms with van der Waals surface area (Å²) in [4.78, 5) is 14.8. The summed E-state index contributed by atoms with van der Waals surface area (Å²) in [7, 11) is 0. The van der Waals surface area contributed by atoms with Crippen LogP contribution in [0, 0.1) is 0 Å². The highest BCUT2D eigenvalue weighted by molar-refractivity contribution is 9.10. The minimum absolute atomic E-state index is 0. The molecule has 22 heavy (non-hydrogen) atoms. The molecule has 6 heteroatoms. The van der Waals surface area contributed by atoms with Crippen molar-refractivity contribution in [2.24, 2.45) is 0 Å². The van der Waals surface area contributed by atoms with E-state index in [2.05, 4.69) is 31.5 Å². The molecule has 0 radical (unpaired) electrons. The Morgan fingerprint density at radius 2 is 1.86 bits per heavy atom. The third-order valence-corrected chi connectivity index (χ3v) is 4.59. The third kappa shape index (κ3) is 5.23. The molecule has 1 aromatic rings. The monoisotopic (exact) mass is 389 g/mol. The molecular formula is C16H25BrClN3O. The van der Waals surface area contributed by atoms with E-state index in [1.807, 2.05) is 38.1 Å². The van der Waals surface area contributed by atoms with Crippen LogP contribution < -0.4 is 10.6 Å². The van der Waals surface area contributed by atoms with Crippen LogP contribution in [-0.2, 0) is 10.2 Å². The number of halogens is 2. The van der Waals surface area contributed by atoms with Crippen LogP contribution in [0.1, 0.15) is 19.4 Å². The van der Waals surface area contributed by atoms with Gasteiger partial charge in [0.2, 0.25) is 5.91 Å². The number of carbonyl (C=O) groups excluding carboxylic acids is 1.